The van der Waals surface area contributed by atoms with Gasteiger partial charge in [0.15, 0.2) is 0 Å². The van der Waals surface area contributed by atoms with Crippen LogP contribution in [0.4, 0.5) is 0 Å². The highest BCUT2D eigenvalue weighted by Gasteiger charge is 2.07. The first-order valence-electron chi connectivity index (χ1n) is 9.40. The van der Waals surface area contributed by atoms with Gasteiger partial charge < -0.3 is 15.0 Å². The Morgan fingerprint density at radius 2 is 1.31 bits per heavy atom. The zero-order valence-corrected chi connectivity index (χ0v) is 16.1. The first-order chi connectivity index (χ1) is 12.6. The molecule has 3 heteroatoms. The molecule has 0 aromatic heterocycles. The lowest BCUT2D eigenvalue weighted by molar-refractivity contribution is -0.311. The second-order valence-electron chi connectivity index (χ2n) is 6.07. The largest absolute Gasteiger partial charge is 0.550 e. The summed E-state index contributed by atoms with van der Waals surface area (Å²) in [6.07, 6.45) is 28.6. The predicted molar refractivity (Wildman–Crippen MR) is 108 cm³/mol. The number of aliphatic hydroxyl groups excluding tert-OH is 1. The fourth-order valence-electron chi connectivity index (χ4n) is 2.04. The maximum Gasteiger partial charge on any atom is 0.0730 e. The van der Waals surface area contributed by atoms with Crippen LogP contribution >= 0.6 is 0 Å². The molecule has 0 aliphatic carbocycles. The zero-order valence-electron chi connectivity index (χ0n) is 16.1. The van der Waals surface area contributed by atoms with E-state index < -0.39 is 18.0 Å². The Hall–Kier alpha value is -2.13. The van der Waals surface area contributed by atoms with Crippen molar-refractivity contribution in [3.8, 4) is 0 Å². The molecule has 0 saturated carbocycles. The van der Waals surface area contributed by atoms with Crippen LogP contribution in [0.25, 0.3) is 0 Å². The van der Waals surface area contributed by atoms with Gasteiger partial charge >= 0.3 is 0 Å². The minimum Gasteiger partial charge on any atom is -0.550 e. The highest BCUT2D eigenvalue weighted by Crippen LogP contribution is 2.06. The van der Waals surface area contributed by atoms with Gasteiger partial charge in [0.1, 0.15) is 0 Å². The van der Waals surface area contributed by atoms with Crippen molar-refractivity contribution in [3.05, 3.63) is 72.9 Å². The van der Waals surface area contributed by atoms with Crippen molar-refractivity contribution in [2.75, 3.05) is 0 Å². The van der Waals surface area contributed by atoms with Gasteiger partial charge in [-0.3, -0.25) is 0 Å². The van der Waals surface area contributed by atoms with Gasteiger partial charge in [0.05, 0.1) is 6.10 Å². The summed E-state index contributed by atoms with van der Waals surface area (Å²) in [5, 5.41) is 20.2. The number of carbonyl (C=O) groups is 1. The molecule has 2 unspecified atom stereocenters. The standard InChI is InChI=1S/C23H34O3/c1-3-4-5-6-7-8-9-10-11-12-13-14-15-16-17-18-19-22(24)20-21(2)23(25)26/h4-5,7-8,10-11,13-14,16-19,21-22,24H,3,6,9,12,15,20H2,1-2H3,(H,25,26)/p-1/b5-4-,8-7-,11-10-,14-13-,17-16-,19-18+. The predicted octanol–water partition coefficient (Wildman–Crippen LogP) is 4.43. The summed E-state index contributed by atoms with van der Waals surface area (Å²) < 4.78 is 0. The molecule has 26 heavy (non-hydrogen) atoms. The Morgan fingerprint density at radius 1 is 0.846 bits per heavy atom. The lowest BCUT2D eigenvalue weighted by Gasteiger charge is -2.14. The van der Waals surface area contributed by atoms with E-state index >= 15 is 0 Å². The zero-order chi connectivity index (χ0) is 19.5. The van der Waals surface area contributed by atoms with Crippen LogP contribution in [-0.4, -0.2) is 17.2 Å². The van der Waals surface area contributed by atoms with Crippen molar-refractivity contribution in [3.63, 3.8) is 0 Å². The van der Waals surface area contributed by atoms with Gasteiger partial charge in [0, 0.05) is 5.97 Å². The van der Waals surface area contributed by atoms with Crippen LogP contribution in [0.1, 0.15) is 52.4 Å². The molecule has 0 radical (unpaired) electrons. The fraction of sp³-hybridized carbons (Fsp3) is 0.435. The Bertz CT molecular complexity index is 522. The Balaban J connectivity index is 3.75. The summed E-state index contributed by atoms with van der Waals surface area (Å²) in [4.78, 5) is 10.6. The molecule has 0 saturated heterocycles. The van der Waals surface area contributed by atoms with Crippen molar-refractivity contribution in [1.82, 2.24) is 0 Å². The molecule has 0 aromatic carbocycles. The van der Waals surface area contributed by atoms with Crippen LogP contribution in [0.2, 0.25) is 0 Å². The minimum absolute atomic E-state index is 0.170. The van der Waals surface area contributed by atoms with Crippen LogP contribution in [-0.2, 0) is 4.79 Å². The van der Waals surface area contributed by atoms with E-state index in [1.807, 2.05) is 12.2 Å². The summed E-state index contributed by atoms with van der Waals surface area (Å²) in [5.41, 5.74) is 0. The summed E-state index contributed by atoms with van der Waals surface area (Å²) >= 11 is 0. The first kappa shape index (κ1) is 23.9. The lowest BCUT2D eigenvalue weighted by Crippen LogP contribution is -2.31. The number of carboxylic acid groups (broad SMARTS) is 1. The number of hydrogen-bond donors (Lipinski definition) is 1. The molecule has 0 bridgehead atoms. The van der Waals surface area contributed by atoms with E-state index in [1.54, 1.807) is 12.2 Å². The monoisotopic (exact) mass is 357 g/mol. The normalized spacial score (nSPS) is 15.5. The highest BCUT2D eigenvalue weighted by atomic mass is 16.4. The summed E-state index contributed by atoms with van der Waals surface area (Å²) in [6.45, 7) is 3.67. The Labute approximate surface area is 158 Å². The number of allylic oxidation sites excluding steroid dienone is 11. The average molecular weight is 358 g/mol. The lowest BCUT2D eigenvalue weighted by atomic mass is 10.0. The third kappa shape index (κ3) is 16.7. The van der Waals surface area contributed by atoms with Gasteiger partial charge in [-0.25, -0.2) is 0 Å². The van der Waals surface area contributed by atoms with Gasteiger partial charge in [0.2, 0.25) is 0 Å². The molecule has 0 spiro atoms. The topological polar surface area (TPSA) is 60.4 Å². The van der Waals surface area contributed by atoms with Crippen molar-refractivity contribution in [2.45, 2.75) is 58.5 Å². The molecule has 0 amide bonds. The van der Waals surface area contributed by atoms with E-state index in [4.69, 9.17) is 0 Å². The van der Waals surface area contributed by atoms with Crippen molar-refractivity contribution in [1.29, 1.82) is 0 Å². The van der Waals surface area contributed by atoms with Crippen LogP contribution in [0.3, 0.4) is 0 Å². The van der Waals surface area contributed by atoms with Crippen LogP contribution in [0.5, 0.6) is 0 Å². The fourth-order valence-corrected chi connectivity index (χ4v) is 2.04. The SMILES string of the molecule is CC/C=C\C/C=C\C/C=C\C/C=C\C/C=C\C=C\C(O)CC(C)C(=O)[O-]. The molecule has 0 aromatic rings. The molecule has 2 atom stereocenters. The molecular formula is C23H33O3-. The van der Waals surface area contributed by atoms with Gasteiger partial charge in [-0.05, 0) is 44.4 Å². The molecule has 1 N–H and O–H groups in total. The molecule has 3 nitrogen and oxygen atoms in total. The van der Waals surface area contributed by atoms with Crippen LogP contribution in [0.15, 0.2) is 72.9 Å². The molecular weight excluding hydrogens is 324 g/mol. The molecule has 0 aliphatic rings. The van der Waals surface area contributed by atoms with E-state index in [2.05, 4.69) is 55.5 Å². The maximum absolute atomic E-state index is 10.6. The molecule has 0 heterocycles. The quantitative estimate of drug-likeness (QED) is 0.369. The summed E-state index contributed by atoms with van der Waals surface area (Å²) in [5.74, 6) is -1.78. The Kier molecular flexibility index (Phi) is 16.2. The Morgan fingerprint density at radius 3 is 1.77 bits per heavy atom. The third-order valence-electron chi connectivity index (χ3n) is 3.57. The second kappa shape index (κ2) is 17.7. The smallest absolute Gasteiger partial charge is 0.0730 e. The number of aliphatic carboxylic acids is 1. The molecule has 144 valence electrons. The van der Waals surface area contributed by atoms with E-state index in [0.717, 1.165) is 32.1 Å². The maximum atomic E-state index is 10.6. The first-order valence-corrected chi connectivity index (χ1v) is 9.40. The van der Waals surface area contributed by atoms with E-state index in [1.165, 1.54) is 6.92 Å². The number of hydrogen-bond acceptors (Lipinski definition) is 3. The number of carbonyl (C=O) groups excluding carboxylic acids is 1. The summed E-state index contributed by atoms with van der Waals surface area (Å²) in [6, 6.07) is 0. The minimum atomic E-state index is -1.13. The van der Waals surface area contributed by atoms with E-state index in [9.17, 15) is 15.0 Å². The number of rotatable bonds is 14. The molecule has 0 rings (SSSR count). The van der Waals surface area contributed by atoms with Crippen molar-refractivity contribution >= 4 is 5.97 Å². The number of aliphatic hydroxyl groups is 1. The van der Waals surface area contributed by atoms with Gasteiger partial charge in [-0.1, -0.05) is 86.8 Å². The number of carboxylic acids is 1. The third-order valence-corrected chi connectivity index (χ3v) is 3.57. The van der Waals surface area contributed by atoms with E-state index in [0.29, 0.717) is 0 Å². The average Bonchev–Trinajstić information content (AvgIpc) is 2.61. The van der Waals surface area contributed by atoms with Crippen molar-refractivity contribution < 1.29 is 15.0 Å². The summed E-state index contributed by atoms with van der Waals surface area (Å²) in [7, 11) is 0. The molecule has 0 fully saturated rings. The van der Waals surface area contributed by atoms with E-state index in [-0.39, 0.29) is 6.42 Å². The van der Waals surface area contributed by atoms with Crippen molar-refractivity contribution in [2.24, 2.45) is 5.92 Å². The molecule has 0 aliphatic heterocycles. The van der Waals surface area contributed by atoms with Gasteiger partial charge in [-0.15, -0.1) is 0 Å². The van der Waals surface area contributed by atoms with Gasteiger partial charge in [0.25, 0.3) is 0 Å². The highest BCUT2D eigenvalue weighted by molar-refractivity contribution is 5.67. The van der Waals surface area contributed by atoms with Crippen LogP contribution < -0.4 is 5.11 Å². The van der Waals surface area contributed by atoms with Crippen LogP contribution in [0, 0.1) is 5.92 Å². The second-order valence-corrected chi connectivity index (χ2v) is 6.07. The van der Waals surface area contributed by atoms with Gasteiger partial charge in [-0.2, -0.15) is 0 Å².